The van der Waals surface area contributed by atoms with Gasteiger partial charge in [-0.15, -0.1) is 0 Å². The van der Waals surface area contributed by atoms with Crippen LogP contribution in [0.15, 0.2) is 30.5 Å². The highest BCUT2D eigenvalue weighted by atomic mass is 19.1. The molecule has 0 saturated carbocycles. The number of hydrogen-bond donors (Lipinski definition) is 0. The number of benzene rings is 1. The zero-order valence-corrected chi connectivity index (χ0v) is 11.8. The van der Waals surface area contributed by atoms with Crippen LogP contribution in [-0.2, 0) is 6.61 Å². The number of Topliss-reactive ketones (excluding diaryl/α,β-unsaturated/α-hetero) is 1. The standard InChI is InChI=1S/C15H17FN2O2/c1-10(2)18-7-6-13(17-18)9-20-15-5-4-12(11(3)19)8-14(15)16/h4-8,10H,9H2,1-3H3. The molecule has 0 aliphatic carbocycles. The number of nitrogens with zero attached hydrogens (tertiary/aromatic N) is 2. The van der Waals surface area contributed by atoms with Crippen LogP contribution in [0.2, 0.25) is 0 Å². The van der Waals surface area contributed by atoms with Gasteiger partial charge >= 0.3 is 0 Å². The Morgan fingerprint density at radius 3 is 2.70 bits per heavy atom. The van der Waals surface area contributed by atoms with Crippen LogP contribution in [0.5, 0.6) is 5.75 Å². The average molecular weight is 276 g/mol. The van der Waals surface area contributed by atoms with Crippen molar-refractivity contribution in [2.24, 2.45) is 0 Å². The van der Waals surface area contributed by atoms with E-state index >= 15 is 0 Å². The zero-order chi connectivity index (χ0) is 14.7. The van der Waals surface area contributed by atoms with Crippen LogP contribution in [0.3, 0.4) is 0 Å². The highest BCUT2D eigenvalue weighted by Crippen LogP contribution is 2.19. The van der Waals surface area contributed by atoms with Crippen molar-refractivity contribution in [1.29, 1.82) is 0 Å². The van der Waals surface area contributed by atoms with Crippen molar-refractivity contribution in [3.8, 4) is 5.75 Å². The molecule has 4 nitrogen and oxygen atoms in total. The van der Waals surface area contributed by atoms with Gasteiger partial charge in [-0.05, 0) is 45.0 Å². The fraction of sp³-hybridized carbons (Fsp3) is 0.333. The Bertz CT molecular complexity index is 620. The number of hydrogen-bond acceptors (Lipinski definition) is 3. The molecule has 20 heavy (non-hydrogen) atoms. The SMILES string of the molecule is CC(=O)c1ccc(OCc2ccn(C(C)C)n2)c(F)c1. The molecule has 0 aliphatic heterocycles. The van der Waals surface area contributed by atoms with E-state index in [9.17, 15) is 9.18 Å². The van der Waals surface area contributed by atoms with E-state index in [0.717, 1.165) is 5.69 Å². The highest BCUT2D eigenvalue weighted by Gasteiger charge is 2.09. The molecule has 1 aromatic carbocycles. The summed E-state index contributed by atoms with van der Waals surface area (Å²) in [6.45, 7) is 5.64. The van der Waals surface area contributed by atoms with Gasteiger partial charge in [-0.1, -0.05) is 0 Å². The van der Waals surface area contributed by atoms with Gasteiger partial charge < -0.3 is 4.74 Å². The molecular formula is C15H17FN2O2. The largest absolute Gasteiger partial charge is 0.484 e. The topological polar surface area (TPSA) is 44.1 Å². The lowest BCUT2D eigenvalue weighted by Crippen LogP contribution is -2.04. The van der Waals surface area contributed by atoms with E-state index < -0.39 is 5.82 Å². The minimum atomic E-state index is -0.541. The molecule has 5 heteroatoms. The third-order valence-electron chi connectivity index (χ3n) is 2.91. The number of aromatic nitrogens is 2. The molecule has 0 unspecified atom stereocenters. The van der Waals surface area contributed by atoms with E-state index in [-0.39, 0.29) is 24.2 Å². The number of ether oxygens (including phenoxy) is 1. The van der Waals surface area contributed by atoms with Gasteiger partial charge in [-0.3, -0.25) is 9.48 Å². The Balaban J connectivity index is 2.05. The van der Waals surface area contributed by atoms with Crippen LogP contribution in [0, 0.1) is 5.82 Å². The molecule has 0 aliphatic rings. The highest BCUT2D eigenvalue weighted by molar-refractivity contribution is 5.94. The number of carbonyl (C=O) groups excluding carboxylic acids is 1. The minimum Gasteiger partial charge on any atom is -0.484 e. The van der Waals surface area contributed by atoms with Gasteiger partial charge in [0, 0.05) is 17.8 Å². The van der Waals surface area contributed by atoms with Crippen LogP contribution in [0.25, 0.3) is 0 Å². The molecule has 2 aromatic rings. The van der Waals surface area contributed by atoms with E-state index in [1.807, 2.05) is 30.8 Å². The normalized spacial score (nSPS) is 10.8. The predicted molar refractivity (Wildman–Crippen MR) is 73.3 cm³/mol. The number of halogens is 1. The Morgan fingerprint density at radius 1 is 1.40 bits per heavy atom. The molecular weight excluding hydrogens is 259 g/mol. The third kappa shape index (κ3) is 3.23. The maximum absolute atomic E-state index is 13.7. The van der Waals surface area contributed by atoms with Crippen molar-refractivity contribution in [2.75, 3.05) is 0 Å². The van der Waals surface area contributed by atoms with Crippen molar-refractivity contribution < 1.29 is 13.9 Å². The molecule has 2 rings (SSSR count). The Hall–Kier alpha value is -2.17. The molecule has 1 aromatic heterocycles. The van der Waals surface area contributed by atoms with Crippen LogP contribution in [0.4, 0.5) is 4.39 Å². The van der Waals surface area contributed by atoms with Gasteiger partial charge in [-0.2, -0.15) is 5.10 Å². The summed E-state index contributed by atoms with van der Waals surface area (Å²) in [4.78, 5) is 11.1. The Morgan fingerprint density at radius 2 is 2.15 bits per heavy atom. The summed E-state index contributed by atoms with van der Waals surface area (Å²) < 4.78 is 20.9. The molecule has 0 atom stereocenters. The monoisotopic (exact) mass is 276 g/mol. The zero-order valence-electron chi connectivity index (χ0n) is 11.8. The quantitative estimate of drug-likeness (QED) is 0.786. The lowest BCUT2D eigenvalue weighted by molar-refractivity contribution is 0.101. The number of carbonyl (C=O) groups is 1. The van der Waals surface area contributed by atoms with Gasteiger partial charge in [0.1, 0.15) is 6.61 Å². The van der Waals surface area contributed by atoms with Gasteiger partial charge in [0.25, 0.3) is 0 Å². The summed E-state index contributed by atoms with van der Waals surface area (Å²) in [5.74, 6) is -0.596. The van der Waals surface area contributed by atoms with E-state index in [2.05, 4.69) is 5.10 Å². The van der Waals surface area contributed by atoms with Crippen molar-refractivity contribution in [1.82, 2.24) is 9.78 Å². The fourth-order valence-electron chi connectivity index (χ4n) is 1.73. The van der Waals surface area contributed by atoms with Crippen LogP contribution < -0.4 is 4.74 Å². The summed E-state index contributed by atoms with van der Waals surface area (Å²) in [6, 6.07) is 6.31. The van der Waals surface area contributed by atoms with Gasteiger partial charge in [0.2, 0.25) is 0 Å². The lowest BCUT2D eigenvalue weighted by atomic mass is 10.1. The second kappa shape index (κ2) is 5.86. The van der Waals surface area contributed by atoms with E-state index in [1.165, 1.54) is 19.1 Å². The van der Waals surface area contributed by atoms with E-state index in [4.69, 9.17) is 4.74 Å². The van der Waals surface area contributed by atoms with E-state index in [1.54, 1.807) is 6.07 Å². The van der Waals surface area contributed by atoms with Crippen molar-refractivity contribution in [2.45, 2.75) is 33.4 Å². The van der Waals surface area contributed by atoms with Crippen molar-refractivity contribution in [3.63, 3.8) is 0 Å². The van der Waals surface area contributed by atoms with Gasteiger partial charge in [-0.25, -0.2) is 4.39 Å². The third-order valence-corrected chi connectivity index (χ3v) is 2.91. The maximum Gasteiger partial charge on any atom is 0.165 e. The van der Waals surface area contributed by atoms with E-state index in [0.29, 0.717) is 5.56 Å². The fourth-order valence-corrected chi connectivity index (χ4v) is 1.73. The molecule has 0 radical (unpaired) electrons. The van der Waals surface area contributed by atoms with Gasteiger partial charge in [0.05, 0.1) is 5.69 Å². The molecule has 0 amide bonds. The Kier molecular flexibility index (Phi) is 4.17. The predicted octanol–water partition coefficient (Wildman–Crippen LogP) is 3.38. The first kappa shape index (κ1) is 14.2. The second-order valence-corrected chi connectivity index (χ2v) is 4.87. The van der Waals surface area contributed by atoms with Crippen molar-refractivity contribution >= 4 is 5.78 Å². The summed E-state index contributed by atoms with van der Waals surface area (Å²) >= 11 is 0. The smallest absolute Gasteiger partial charge is 0.165 e. The molecule has 0 bridgehead atoms. The van der Waals surface area contributed by atoms with Crippen LogP contribution in [-0.4, -0.2) is 15.6 Å². The summed E-state index contributed by atoms with van der Waals surface area (Å²) in [5.41, 5.74) is 1.06. The van der Waals surface area contributed by atoms with Crippen molar-refractivity contribution in [3.05, 3.63) is 47.5 Å². The summed E-state index contributed by atoms with van der Waals surface area (Å²) in [5, 5.41) is 4.32. The lowest BCUT2D eigenvalue weighted by Gasteiger charge is -2.07. The summed E-state index contributed by atoms with van der Waals surface area (Å²) in [6.07, 6.45) is 1.86. The Labute approximate surface area is 117 Å². The number of ketones is 1. The minimum absolute atomic E-state index is 0.120. The molecule has 0 spiro atoms. The van der Waals surface area contributed by atoms with Crippen LogP contribution >= 0.6 is 0 Å². The molecule has 1 heterocycles. The molecule has 0 saturated heterocycles. The van der Waals surface area contributed by atoms with Crippen LogP contribution in [0.1, 0.15) is 42.9 Å². The molecule has 0 fully saturated rings. The second-order valence-electron chi connectivity index (χ2n) is 4.87. The first-order chi connectivity index (χ1) is 9.47. The molecule has 106 valence electrons. The summed E-state index contributed by atoms with van der Waals surface area (Å²) in [7, 11) is 0. The average Bonchev–Trinajstić information content (AvgIpc) is 2.86. The molecule has 0 N–H and O–H groups in total. The number of rotatable bonds is 5. The van der Waals surface area contributed by atoms with Gasteiger partial charge in [0.15, 0.2) is 17.3 Å². The first-order valence-corrected chi connectivity index (χ1v) is 6.44. The first-order valence-electron chi connectivity index (χ1n) is 6.44. The maximum atomic E-state index is 13.7.